The number of alkyl halides is 7. The fraction of sp³-hybridized carbons (Fsp3) is 0.294. The van der Waals surface area contributed by atoms with E-state index < -0.39 is 65.5 Å². The Morgan fingerprint density at radius 3 is 2.06 bits per heavy atom. The number of amides is 1. The highest BCUT2D eigenvalue weighted by Gasteiger charge is 2.51. The van der Waals surface area contributed by atoms with Crippen molar-refractivity contribution in [3.05, 3.63) is 41.7 Å². The van der Waals surface area contributed by atoms with Crippen molar-refractivity contribution in [3.8, 4) is 11.4 Å². The second kappa shape index (κ2) is 7.35. The van der Waals surface area contributed by atoms with Crippen molar-refractivity contribution in [2.24, 2.45) is 0 Å². The molecule has 0 aliphatic carbocycles. The predicted octanol–water partition coefficient (Wildman–Crippen LogP) is 3.09. The molecule has 1 aliphatic heterocycles. The van der Waals surface area contributed by atoms with Crippen LogP contribution in [0.15, 0.2) is 30.6 Å². The van der Waals surface area contributed by atoms with Gasteiger partial charge in [-0.3, -0.25) is 4.79 Å². The third-order valence-corrected chi connectivity index (χ3v) is 4.30. The Morgan fingerprint density at radius 1 is 1.03 bits per heavy atom. The molecular formula is C17H11F7N4O3. The van der Waals surface area contributed by atoms with E-state index in [1.807, 2.05) is 0 Å². The highest BCUT2D eigenvalue weighted by Crippen LogP contribution is 2.38. The molecule has 0 radical (unpaired) electrons. The van der Waals surface area contributed by atoms with E-state index in [0.717, 1.165) is 28.2 Å². The van der Waals surface area contributed by atoms with Gasteiger partial charge >= 0.3 is 18.3 Å². The Morgan fingerprint density at radius 2 is 1.58 bits per heavy atom. The van der Waals surface area contributed by atoms with Crippen LogP contribution in [0.3, 0.4) is 0 Å². The molecular weight excluding hydrogens is 441 g/mol. The zero-order valence-corrected chi connectivity index (χ0v) is 15.1. The minimum atomic E-state index is -5.04. The second-order valence-electron chi connectivity index (χ2n) is 6.62. The maximum Gasteiger partial charge on any atom is 0.416 e. The Bertz CT molecular complexity index is 1020. The average molecular weight is 452 g/mol. The molecule has 14 heteroatoms. The highest BCUT2D eigenvalue weighted by molar-refractivity contribution is 5.93. The summed E-state index contributed by atoms with van der Waals surface area (Å²) in [5, 5.41) is 12.4. The molecule has 3 rings (SSSR count). The third kappa shape index (κ3) is 4.67. The number of aliphatic carboxylic acids is 1. The number of halogens is 7. The summed E-state index contributed by atoms with van der Waals surface area (Å²) in [7, 11) is 0. The van der Waals surface area contributed by atoms with E-state index in [4.69, 9.17) is 5.11 Å². The molecule has 31 heavy (non-hydrogen) atoms. The SMILES string of the molecule is O=C(C=Cn1cnc(-c2cc(C(F)(F)F)cc(C(F)(F)F)c2)n1)N1CC(F)(C(=O)O)C1. The third-order valence-electron chi connectivity index (χ3n) is 4.30. The summed E-state index contributed by atoms with van der Waals surface area (Å²) in [6.07, 6.45) is -7.30. The molecule has 0 saturated carbocycles. The highest BCUT2D eigenvalue weighted by atomic mass is 19.4. The maximum atomic E-state index is 13.6. The van der Waals surface area contributed by atoms with Gasteiger partial charge in [0.1, 0.15) is 6.33 Å². The predicted molar refractivity (Wildman–Crippen MR) is 88.8 cm³/mol. The number of carboxylic acid groups (broad SMARTS) is 1. The minimum absolute atomic E-state index is 0.0336. The number of carbonyl (C=O) groups is 2. The fourth-order valence-corrected chi connectivity index (χ4v) is 2.66. The van der Waals surface area contributed by atoms with E-state index >= 15 is 0 Å². The summed E-state index contributed by atoms with van der Waals surface area (Å²) in [6.45, 7) is -1.34. The van der Waals surface area contributed by atoms with Gasteiger partial charge in [0.15, 0.2) is 5.82 Å². The number of carbonyl (C=O) groups excluding carboxylic acids is 1. The molecule has 0 spiro atoms. The molecule has 1 N–H and O–H groups in total. The van der Waals surface area contributed by atoms with Gasteiger partial charge in [-0.2, -0.15) is 26.3 Å². The van der Waals surface area contributed by atoms with Gasteiger partial charge in [0.05, 0.1) is 24.2 Å². The van der Waals surface area contributed by atoms with Crippen LogP contribution >= 0.6 is 0 Å². The molecule has 1 amide bonds. The lowest BCUT2D eigenvalue weighted by Crippen LogP contribution is -2.64. The molecule has 0 unspecified atom stereocenters. The Balaban J connectivity index is 1.80. The van der Waals surface area contributed by atoms with Gasteiger partial charge in [0.25, 0.3) is 0 Å². The van der Waals surface area contributed by atoms with Crippen LogP contribution in [0.25, 0.3) is 17.6 Å². The lowest BCUT2D eigenvalue weighted by molar-refractivity contribution is -0.167. The van der Waals surface area contributed by atoms with Crippen molar-refractivity contribution in [2.75, 3.05) is 13.1 Å². The van der Waals surface area contributed by atoms with Crippen LogP contribution in [0.2, 0.25) is 0 Å². The van der Waals surface area contributed by atoms with Crippen molar-refractivity contribution in [2.45, 2.75) is 18.0 Å². The summed E-state index contributed by atoms with van der Waals surface area (Å²) in [4.78, 5) is 27.0. The quantitative estimate of drug-likeness (QED) is 0.569. The van der Waals surface area contributed by atoms with Crippen LogP contribution in [0.1, 0.15) is 11.1 Å². The van der Waals surface area contributed by atoms with E-state index in [-0.39, 0.29) is 6.07 Å². The molecule has 0 bridgehead atoms. The van der Waals surface area contributed by atoms with E-state index in [1.165, 1.54) is 0 Å². The van der Waals surface area contributed by atoms with Crippen LogP contribution in [0, 0.1) is 0 Å². The number of hydrogen-bond donors (Lipinski definition) is 1. The van der Waals surface area contributed by atoms with Crippen molar-refractivity contribution >= 4 is 18.1 Å². The number of likely N-dealkylation sites (tertiary alicyclic amines) is 1. The van der Waals surface area contributed by atoms with Crippen LogP contribution in [-0.4, -0.2) is 55.4 Å². The van der Waals surface area contributed by atoms with Crippen molar-refractivity contribution in [1.29, 1.82) is 0 Å². The van der Waals surface area contributed by atoms with Crippen LogP contribution in [0.4, 0.5) is 30.7 Å². The monoisotopic (exact) mass is 452 g/mol. The van der Waals surface area contributed by atoms with Crippen molar-refractivity contribution in [1.82, 2.24) is 19.7 Å². The van der Waals surface area contributed by atoms with E-state index in [9.17, 15) is 40.3 Å². The van der Waals surface area contributed by atoms with Crippen molar-refractivity contribution < 1.29 is 45.4 Å². The van der Waals surface area contributed by atoms with E-state index in [1.54, 1.807) is 0 Å². The van der Waals surface area contributed by atoms with Crippen LogP contribution < -0.4 is 0 Å². The van der Waals surface area contributed by atoms with Gasteiger partial charge in [-0.25, -0.2) is 18.9 Å². The number of aromatic nitrogens is 3. The molecule has 1 aliphatic rings. The standard InChI is InChI=1S/C17H11F7N4O3/c18-15(14(30)31)6-27(7-15)12(29)1-2-28-8-25-13(26-28)9-3-10(16(19,20)21)5-11(4-9)17(22,23)24/h1-5,8H,6-7H2,(H,30,31). The Labute approximate surface area is 168 Å². The van der Waals surface area contributed by atoms with Gasteiger partial charge in [0.2, 0.25) is 11.6 Å². The number of hydrogen-bond acceptors (Lipinski definition) is 4. The molecule has 0 atom stereocenters. The van der Waals surface area contributed by atoms with Gasteiger partial charge in [0, 0.05) is 17.8 Å². The lowest BCUT2D eigenvalue weighted by Gasteiger charge is -2.40. The zero-order chi connectivity index (χ0) is 23.2. The van der Waals surface area contributed by atoms with Gasteiger partial charge in [-0.1, -0.05) is 0 Å². The Hall–Kier alpha value is -3.45. The summed E-state index contributed by atoms with van der Waals surface area (Å²) in [6, 6.07) is 0.876. The second-order valence-corrected chi connectivity index (χ2v) is 6.62. The summed E-state index contributed by atoms with van der Waals surface area (Å²) >= 11 is 0. The summed E-state index contributed by atoms with van der Waals surface area (Å²) < 4.78 is 92.2. The summed E-state index contributed by atoms with van der Waals surface area (Å²) in [5.41, 5.74) is -6.16. The molecule has 1 aromatic carbocycles. The van der Waals surface area contributed by atoms with Crippen LogP contribution in [0.5, 0.6) is 0 Å². The normalized spacial score (nSPS) is 16.4. The molecule has 2 heterocycles. The zero-order valence-electron chi connectivity index (χ0n) is 15.1. The van der Waals surface area contributed by atoms with Crippen molar-refractivity contribution in [3.63, 3.8) is 0 Å². The fourth-order valence-electron chi connectivity index (χ4n) is 2.66. The largest absolute Gasteiger partial charge is 0.479 e. The molecule has 1 fully saturated rings. The lowest BCUT2D eigenvalue weighted by atomic mass is 9.96. The van der Waals surface area contributed by atoms with E-state index in [0.29, 0.717) is 12.1 Å². The molecule has 1 saturated heterocycles. The summed E-state index contributed by atoms with van der Waals surface area (Å²) in [5.74, 6) is -2.95. The number of carboxylic acids is 1. The first-order valence-corrected chi connectivity index (χ1v) is 8.29. The number of nitrogens with zero attached hydrogens (tertiary/aromatic N) is 4. The van der Waals surface area contributed by atoms with Gasteiger partial charge in [-0.15, -0.1) is 5.10 Å². The molecule has 2 aromatic rings. The minimum Gasteiger partial charge on any atom is -0.479 e. The van der Waals surface area contributed by atoms with Gasteiger partial charge < -0.3 is 10.0 Å². The maximum absolute atomic E-state index is 13.6. The van der Waals surface area contributed by atoms with Crippen LogP contribution in [-0.2, 0) is 21.9 Å². The first kappa shape index (κ1) is 22.2. The average Bonchev–Trinajstić information content (AvgIpc) is 3.10. The molecule has 7 nitrogen and oxygen atoms in total. The number of benzene rings is 1. The topological polar surface area (TPSA) is 88.3 Å². The number of rotatable bonds is 4. The first-order chi connectivity index (χ1) is 14.2. The Kier molecular flexibility index (Phi) is 5.28. The van der Waals surface area contributed by atoms with E-state index in [2.05, 4.69) is 10.1 Å². The van der Waals surface area contributed by atoms with Gasteiger partial charge in [-0.05, 0) is 18.2 Å². The molecule has 1 aromatic heterocycles. The smallest absolute Gasteiger partial charge is 0.416 e. The molecule has 166 valence electrons. The first-order valence-electron chi connectivity index (χ1n) is 8.29.